The van der Waals surface area contributed by atoms with Gasteiger partial charge in [0.05, 0.1) is 16.6 Å². The van der Waals surface area contributed by atoms with Gasteiger partial charge in [-0.3, -0.25) is 4.79 Å². The van der Waals surface area contributed by atoms with E-state index >= 15 is 0 Å². The molecule has 0 bridgehead atoms. The molecule has 0 radical (unpaired) electrons. The van der Waals surface area contributed by atoms with Crippen molar-refractivity contribution in [3.05, 3.63) is 76.9 Å². The molecule has 3 N–H and O–H groups in total. The molecule has 7 nitrogen and oxygen atoms in total. The van der Waals surface area contributed by atoms with E-state index < -0.39 is 10.0 Å². The highest BCUT2D eigenvalue weighted by Gasteiger charge is 2.26. The molecule has 162 valence electrons. The van der Waals surface area contributed by atoms with Crippen LogP contribution < -0.4 is 10.5 Å². The van der Waals surface area contributed by atoms with E-state index in [1.165, 1.54) is 24.3 Å². The lowest BCUT2D eigenvalue weighted by atomic mass is 9.95. The molecular formula is C22H23FN4O3S. The maximum Gasteiger partial charge on any atom is 0.272 e. The average molecular weight is 443 g/mol. The number of aromatic nitrogens is 2. The van der Waals surface area contributed by atoms with Crippen LogP contribution in [0.15, 0.2) is 53.4 Å². The zero-order chi connectivity index (χ0) is 22.2. The highest BCUT2D eigenvalue weighted by atomic mass is 32.2. The zero-order valence-corrected chi connectivity index (χ0v) is 17.8. The Kier molecular flexibility index (Phi) is 5.63. The fourth-order valence-corrected chi connectivity index (χ4v) is 4.39. The first-order chi connectivity index (χ1) is 14.7. The molecule has 31 heavy (non-hydrogen) atoms. The molecule has 1 aliphatic rings. The maximum atomic E-state index is 13.3. The third-order valence-corrected chi connectivity index (χ3v) is 6.45. The zero-order valence-electron chi connectivity index (χ0n) is 17.0. The van der Waals surface area contributed by atoms with Crippen LogP contribution in [0.3, 0.4) is 0 Å². The molecule has 0 spiro atoms. The van der Waals surface area contributed by atoms with Crippen molar-refractivity contribution in [3.8, 4) is 5.69 Å². The number of sulfonamides is 1. The van der Waals surface area contributed by atoms with Crippen molar-refractivity contribution in [1.82, 2.24) is 15.1 Å². The molecule has 1 amide bonds. The van der Waals surface area contributed by atoms with Gasteiger partial charge in [-0.25, -0.2) is 22.6 Å². The number of nitrogens with two attached hydrogens (primary N) is 1. The SMILES string of the molecule is CC(NC(=O)c1nn(-c2ccc(F)cc2)c2c1CCCC2)c1ccc(S(N)(=O)=O)cc1. The van der Waals surface area contributed by atoms with E-state index in [1.54, 1.807) is 28.9 Å². The molecule has 0 saturated heterocycles. The maximum absolute atomic E-state index is 13.3. The third-order valence-electron chi connectivity index (χ3n) is 5.52. The molecule has 9 heteroatoms. The van der Waals surface area contributed by atoms with Crippen molar-refractivity contribution >= 4 is 15.9 Å². The minimum absolute atomic E-state index is 0.0156. The summed E-state index contributed by atoms with van der Waals surface area (Å²) in [5, 5.41) is 12.6. The number of halogens is 1. The van der Waals surface area contributed by atoms with E-state index in [0.717, 1.165) is 42.5 Å². The van der Waals surface area contributed by atoms with E-state index in [0.29, 0.717) is 11.4 Å². The summed E-state index contributed by atoms with van der Waals surface area (Å²) in [5.41, 5.74) is 3.72. The van der Waals surface area contributed by atoms with Gasteiger partial charge in [-0.2, -0.15) is 5.10 Å². The molecule has 3 aromatic rings. The second-order valence-electron chi connectivity index (χ2n) is 7.68. The van der Waals surface area contributed by atoms with Crippen molar-refractivity contribution in [2.75, 3.05) is 0 Å². The van der Waals surface area contributed by atoms with Crippen LogP contribution in [0.1, 0.15) is 53.1 Å². The number of fused-ring (bicyclic) bond motifs is 1. The Hall–Kier alpha value is -3.04. The van der Waals surface area contributed by atoms with Crippen LogP contribution in [0.2, 0.25) is 0 Å². The van der Waals surface area contributed by atoms with Crippen LogP contribution in [-0.4, -0.2) is 24.1 Å². The monoisotopic (exact) mass is 442 g/mol. The quantitative estimate of drug-likeness (QED) is 0.633. The third kappa shape index (κ3) is 4.38. The number of amides is 1. The molecule has 1 atom stereocenters. The fraction of sp³-hybridized carbons (Fsp3) is 0.273. The second kappa shape index (κ2) is 8.24. The molecular weight excluding hydrogens is 419 g/mol. The Balaban J connectivity index is 1.60. The second-order valence-corrected chi connectivity index (χ2v) is 9.24. The van der Waals surface area contributed by atoms with Gasteiger partial charge < -0.3 is 5.32 Å². The highest BCUT2D eigenvalue weighted by molar-refractivity contribution is 7.89. The Morgan fingerprint density at radius 3 is 2.39 bits per heavy atom. The lowest BCUT2D eigenvalue weighted by Crippen LogP contribution is -2.28. The van der Waals surface area contributed by atoms with Crippen LogP contribution in [0.25, 0.3) is 5.69 Å². The molecule has 0 aliphatic heterocycles. The van der Waals surface area contributed by atoms with Gasteiger partial charge in [-0.15, -0.1) is 0 Å². The van der Waals surface area contributed by atoms with Gasteiger partial charge in [0.15, 0.2) is 5.69 Å². The number of benzene rings is 2. The van der Waals surface area contributed by atoms with E-state index in [-0.39, 0.29) is 22.7 Å². The Labute approximate surface area is 180 Å². The van der Waals surface area contributed by atoms with Gasteiger partial charge in [0.1, 0.15) is 5.82 Å². The first-order valence-corrected chi connectivity index (χ1v) is 11.6. The number of rotatable bonds is 5. The van der Waals surface area contributed by atoms with Crippen LogP contribution in [0.4, 0.5) is 4.39 Å². The molecule has 1 aliphatic carbocycles. The fourth-order valence-electron chi connectivity index (χ4n) is 3.87. The summed E-state index contributed by atoms with van der Waals surface area (Å²) in [6, 6.07) is 11.8. The highest BCUT2D eigenvalue weighted by Crippen LogP contribution is 2.27. The minimum Gasteiger partial charge on any atom is -0.344 e. The Bertz CT molecular complexity index is 1220. The van der Waals surface area contributed by atoms with Crippen LogP contribution in [-0.2, 0) is 22.9 Å². The normalized spacial score (nSPS) is 14.7. The van der Waals surface area contributed by atoms with Gasteiger partial charge in [0.2, 0.25) is 10.0 Å². The van der Waals surface area contributed by atoms with E-state index in [4.69, 9.17) is 5.14 Å². The summed E-state index contributed by atoms with van der Waals surface area (Å²) in [5.74, 6) is -0.632. The summed E-state index contributed by atoms with van der Waals surface area (Å²) >= 11 is 0. The van der Waals surface area contributed by atoms with E-state index in [2.05, 4.69) is 10.4 Å². The number of carbonyl (C=O) groups is 1. The van der Waals surface area contributed by atoms with Crippen LogP contribution >= 0.6 is 0 Å². The number of carbonyl (C=O) groups excluding carboxylic acids is 1. The topological polar surface area (TPSA) is 107 Å². The van der Waals surface area contributed by atoms with Crippen molar-refractivity contribution in [3.63, 3.8) is 0 Å². The first-order valence-electron chi connectivity index (χ1n) is 10.0. The van der Waals surface area contributed by atoms with E-state index in [9.17, 15) is 17.6 Å². The molecule has 0 fully saturated rings. The Morgan fingerprint density at radius 1 is 1.10 bits per heavy atom. The summed E-state index contributed by atoms with van der Waals surface area (Å²) in [4.78, 5) is 13.1. The van der Waals surface area contributed by atoms with Gasteiger partial charge >= 0.3 is 0 Å². The predicted molar refractivity (Wildman–Crippen MR) is 114 cm³/mol. The lowest BCUT2D eigenvalue weighted by molar-refractivity contribution is 0.0933. The van der Waals surface area contributed by atoms with Crippen molar-refractivity contribution in [2.45, 2.75) is 43.5 Å². The van der Waals surface area contributed by atoms with Crippen molar-refractivity contribution < 1.29 is 17.6 Å². The largest absolute Gasteiger partial charge is 0.344 e. The average Bonchev–Trinajstić information content (AvgIpc) is 3.14. The van der Waals surface area contributed by atoms with Gasteiger partial charge in [0, 0.05) is 11.3 Å². The number of nitrogens with one attached hydrogen (secondary N) is 1. The van der Waals surface area contributed by atoms with Gasteiger partial charge in [-0.05, 0) is 74.6 Å². The molecule has 1 aromatic heterocycles. The van der Waals surface area contributed by atoms with Gasteiger partial charge in [-0.1, -0.05) is 12.1 Å². The van der Waals surface area contributed by atoms with Crippen molar-refractivity contribution in [2.24, 2.45) is 5.14 Å². The minimum atomic E-state index is -3.77. The molecule has 1 heterocycles. The number of primary sulfonamides is 1. The predicted octanol–water partition coefficient (Wildman–Crippen LogP) is 3.03. The number of nitrogens with zero attached hydrogens (tertiary/aromatic N) is 2. The molecule has 0 saturated carbocycles. The van der Waals surface area contributed by atoms with Crippen molar-refractivity contribution in [1.29, 1.82) is 0 Å². The van der Waals surface area contributed by atoms with E-state index in [1.807, 2.05) is 6.92 Å². The lowest BCUT2D eigenvalue weighted by Gasteiger charge is -2.16. The smallest absolute Gasteiger partial charge is 0.272 e. The van der Waals surface area contributed by atoms with Crippen LogP contribution in [0.5, 0.6) is 0 Å². The first kappa shape index (κ1) is 21.2. The summed E-state index contributed by atoms with van der Waals surface area (Å²) in [6.07, 6.45) is 3.55. The number of hydrogen-bond acceptors (Lipinski definition) is 4. The summed E-state index contributed by atoms with van der Waals surface area (Å²) in [6.45, 7) is 1.81. The standard InChI is InChI=1S/C22H23FN4O3S/c1-14(15-6-12-18(13-7-15)31(24,29)30)25-22(28)21-19-4-2-3-5-20(19)27(26-21)17-10-8-16(23)9-11-17/h6-14H,2-5H2,1H3,(H,25,28)(H2,24,29,30). The van der Waals surface area contributed by atoms with Crippen LogP contribution in [0, 0.1) is 5.82 Å². The summed E-state index contributed by atoms with van der Waals surface area (Å²) < 4.78 is 37.9. The summed E-state index contributed by atoms with van der Waals surface area (Å²) in [7, 11) is -3.77. The number of hydrogen-bond donors (Lipinski definition) is 2. The van der Waals surface area contributed by atoms with Gasteiger partial charge in [0.25, 0.3) is 5.91 Å². The molecule has 4 rings (SSSR count). The molecule has 2 aromatic carbocycles. The Morgan fingerprint density at radius 2 is 1.74 bits per heavy atom. The molecule has 1 unspecified atom stereocenters.